The lowest BCUT2D eigenvalue weighted by Crippen LogP contribution is -1.88. The summed E-state index contributed by atoms with van der Waals surface area (Å²) >= 11 is 0. The van der Waals surface area contributed by atoms with E-state index in [0.29, 0.717) is 6.26 Å². The van der Waals surface area contributed by atoms with E-state index in [0.717, 1.165) is 6.42 Å². The van der Waals surface area contributed by atoms with Gasteiger partial charge >= 0.3 is 0 Å². The van der Waals surface area contributed by atoms with Gasteiger partial charge in [-0.05, 0) is 6.42 Å². The van der Waals surface area contributed by atoms with Crippen molar-refractivity contribution in [1.29, 1.82) is 0 Å². The average Bonchev–Trinajstić information content (AvgIpc) is 1.63. The summed E-state index contributed by atoms with van der Waals surface area (Å²) in [4.78, 5) is 0. The van der Waals surface area contributed by atoms with Crippen molar-refractivity contribution < 1.29 is 13.0 Å². The van der Waals surface area contributed by atoms with Crippen LogP contribution >= 0.6 is 0 Å². The molecule has 62 valence electrons. The molecule has 0 aliphatic carbocycles. The van der Waals surface area contributed by atoms with Gasteiger partial charge in [0.2, 0.25) is 0 Å². The van der Waals surface area contributed by atoms with Crippen LogP contribution in [0.15, 0.2) is 12.7 Å². The minimum atomic E-state index is -3.67. The van der Waals surface area contributed by atoms with E-state index in [9.17, 15) is 8.42 Å². The van der Waals surface area contributed by atoms with Crippen LogP contribution in [0.2, 0.25) is 0 Å². The minimum Gasteiger partial charge on any atom is -0.286 e. The lowest BCUT2D eigenvalue weighted by Gasteiger charge is -1.72. The zero-order chi connectivity index (χ0) is 8.62. The first-order valence-corrected chi connectivity index (χ1v) is 4.80. The molecule has 0 aromatic heterocycles. The fourth-order valence-electron chi connectivity index (χ4n) is 0.204. The predicted octanol–water partition coefficient (Wildman–Crippen LogP) is 1.48. The van der Waals surface area contributed by atoms with Crippen molar-refractivity contribution >= 4 is 10.1 Å². The van der Waals surface area contributed by atoms with Crippen molar-refractivity contribution in [2.24, 2.45) is 0 Å². The van der Waals surface area contributed by atoms with E-state index < -0.39 is 10.1 Å². The van der Waals surface area contributed by atoms with Gasteiger partial charge in [0.05, 0.1) is 6.26 Å². The molecule has 10 heavy (non-hydrogen) atoms. The second kappa shape index (κ2) is 6.77. The van der Waals surface area contributed by atoms with Crippen LogP contribution in [0.4, 0.5) is 0 Å². The third-order valence-corrected chi connectivity index (χ3v) is 0.493. The molecule has 4 heteroatoms. The highest BCUT2D eigenvalue weighted by atomic mass is 32.2. The summed E-state index contributed by atoms with van der Waals surface area (Å²) in [5, 5.41) is 0. The summed E-state index contributed by atoms with van der Waals surface area (Å²) in [6.45, 7) is 5.69. The van der Waals surface area contributed by atoms with E-state index in [4.69, 9.17) is 4.55 Å². The smallest absolute Gasteiger partial charge is 0.261 e. The van der Waals surface area contributed by atoms with E-state index in [-0.39, 0.29) is 0 Å². The fraction of sp³-hybridized carbons (Fsp3) is 0.667. The summed E-state index contributed by atoms with van der Waals surface area (Å²) in [5.74, 6) is 0. The van der Waals surface area contributed by atoms with Gasteiger partial charge in [-0.2, -0.15) is 8.42 Å². The van der Waals surface area contributed by atoms with Crippen LogP contribution in [0, 0.1) is 0 Å². The predicted molar refractivity (Wildman–Crippen MR) is 42.6 cm³/mol. The van der Waals surface area contributed by atoms with E-state index in [1.165, 1.54) is 6.42 Å². The second-order valence-corrected chi connectivity index (χ2v) is 3.28. The topological polar surface area (TPSA) is 54.4 Å². The van der Waals surface area contributed by atoms with E-state index in [2.05, 4.69) is 13.5 Å². The summed E-state index contributed by atoms with van der Waals surface area (Å²) in [5.41, 5.74) is 0. The molecular formula is C6H14O3S. The van der Waals surface area contributed by atoms with Crippen LogP contribution in [0.3, 0.4) is 0 Å². The monoisotopic (exact) mass is 166 g/mol. The maximum atomic E-state index is 9.19. The van der Waals surface area contributed by atoms with Crippen LogP contribution in [0.25, 0.3) is 0 Å². The van der Waals surface area contributed by atoms with Crippen molar-refractivity contribution in [2.75, 3.05) is 6.26 Å². The van der Waals surface area contributed by atoms with Crippen molar-refractivity contribution in [2.45, 2.75) is 19.8 Å². The maximum absolute atomic E-state index is 9.19. The quantitative estimate of drug-likeness (QED) is 0.499. The minimum absolute atomic E-state index is 0.715. The molecule has 0 saturated carbocycles. The maximum Gasteiger partial charge on any atom is 0.261 e. The molecule has 0 saturated heterocycles. The van der Waals surface area contributed by atoms with Gasteiger partial charge in [0.15, 0.2) is 0 Å². The zero-order valence-electron chi connectivity index (χ0n) is 6.37. The normalized spacial score (nSPS) is 9.50. The van der Waals surface area contributed by atoms with Gasteiger partial charge in [0.1, 0.15) is 0 Å². The van der Waals surface area contributed by atoms with Crippen molar-refractivity contribution in [3.05, 3.63) is 12.7 Å². The molecule has 3 nitrogen and oxygen atoms in total. The number of hydrogen-bond acceptors (Lipinski definition) is 2. The first-order valence-electron chi connectivity index (χ1n) is 2.95. The number of allylic oxidation sites excluding steroid dienone is 1. The van der Waals surface area contributed by atoms with Crippen LogP contribution in [-0.2, 0) is 10.1 Å². The molecule has 0 atom stereocenters. The van der Waals surface area contributed by atoms with Gasteiger partial charge in [0.25, 0.3) is 10.1 Å². The molecular weight excluding hydrogens is 152 g/mol. The Hall–Kier alpha value is -0.350. The van der Waals surface area contributed by atoms with E-state index in [1.54, 1.807) is 0 Å². The summed E-state index contributed by atoms with van der Waals surface area (Å²) in [6, 6.07) is 0. The molecule has 0 bridgehead atoms. The fourth-order valence-corrected chi connectivity index (χ4v) is 0.204. The van der Waals surface area contributed by atoms with Gasteiger partial charge in [-0.1, -0.05) is 19.4 Å². The van der Waals surface area contributed by atoms with Gasteiger partial charge in [-0.25, -0.2) is 0 Å². The first kappa shape index (κ1) is 12.3. The third-order valence-electron chi connectivity index (χ3n) is 0.493. The standard InChI is InChI=1S/C5H10.CH4O3S/c1-3-5-4-2;1-5(2,3)4/h3H,1,4-5H2,2H3;1H3,(H,2,3,4). The highest BCUT2D eigenvalue weighted by molar-refractivity contribution is 7.85. The van der Waals surface area contributed by atoms with Crippen LogP contribution in [-0.4, -0.2) is 19.2 Å². The van der Waals surface area contributed by atoms with Gasteiger partial charge in [0, 0.05) is 0 Å². The second-order valence-electron chi connectivity index (χ2n) is 1.81. The number of unbranched alkanes of at least 4 members (excludes halogenated alkanes) is 1. The Balaban J connectivity index is 0. The largest absolute Gasteiger partial charge is 0.286 e. The Bertz CT molecular complexity index is 150. The lowest BCUT2D eigenvalue weighted by molar-refractivity contribution is 0.490. The van der Waals surface area contributed by atoms with Crippen molar-refractivity contribution in [1.82, 2.24) is 0 Å². The molecule has 0 unspecified atom stereocenters. The Kier molecular flexibility index (Phi) is 8.35. The Labute approximate surface area is 62.5 Å². The number of hydrogen-bond donors (Lipinski definition) is 1. The molecule has 1 N–H and O–H groups in total. The van der Waals surface area contributed by atoms with Crippen LogP contribution in [0.1, 0.15) is 19.8 Å². The van der Waals surface area contributed by atoms with Crippen molar-refractivity contribution in [3.63, 3.8) is 0 Å². The van der Waals surface area contributed by atoms with Crippen LogP contribution < -0.4 is 0 Å². The molecule has 0 fully saturated rings. The van der Waals surface area contributed by atoms with Gasteiger partial charge < -0.3 is 0 Å². The third kappa shape index (κ3) is 124. The average molecular weight is 166 g/mol. The molecule has 0 aromatic rings. The molecule has 0 spiro atoms. The summed E-state index contributed by atoms with van der Waals surface area (Å²) in [6.07, 6.45) is 5.02. The molecule has 0 rings (SSSR count). The van der Waals surface area contributed by atoms with E-state index >= 15 is 0 Å². The molecule has 0 amide bonds. The Morgan fingerprint density at radius 2 is 1.90 bits per heavy atom. The number of rotatable bonds is 2. The highest BCUT2D eigenvalue weighted by Crippen LogP contribution is 1.82. The van der Waals surface area contributed by atoms with Crippen molar-refractivity contribution in [3.8, 4) is 0 Å². The summed E-state index contributed by atoms with van der Waals surface area (Å²) < 4.78 is 25.9. The van der Waals surface area contributed by atoms with E-state index in [1.807, 2.05) is 6.08 Å². The zero-order valence-corrected chi connectivity index (χ0v) is 7.19. The summed E-state index contributed by atoms with van der Waals surface area (Å²) in [7, 11) is -3.67. The SMILES string of the molecule is C=CCCC.CS(=O)(=O)O. The Morgan fingerprint density at radius 3 is 1.90 bits per heavy atom. The molecule has 0 aromatic carbocycles. The lowest BCUT2D eigenvalue weighted by atomic mass is 10.3. The van der Waals surface area contributed by atoms with Gasteiger partial charge in [-0.3, -0.25) is 4.55 Å². The Morgan fingerprint density at radius 1 is 1.60 bits per heavy atom. The highest BCUT2D eigenvalue weighted by Gasteiger charge is 1.81. The molecule has 0 heterocycles. The molecule has 0 aliphatic rings. The molecule has 0 radical (unpaired) electrons. The molecule has 0 aliphatic heterocycles. The van der Waals surface area contributed by atoms with Gasteiger partial charge in [-0.15, -0.1) is 6.58 Å². The first-order chi connectivity index (χ1) is 4.41. The van der Waals surface area contributed by atoms with Crippen LogP contribution in [0.5, 0.6) is 0 Å².